The SMILES string of the molecule is CC(C)(C)c1cc2c(cc1Cl)C=C(C(=O)O[C@H]1CO[C@H]3[C@@H]1OC[C@H]3O)C(C(F)(F)F)O2. The first-order chi connectivity index (χ1) is 14.4. The fraction of sp³-hybridized carbons (Fsp3) is 0.571. The quantitative estimate of drug-likeness (QED) is 0.679. The normalized spacial score (nSPS) is 30.3. The van der Waals surface area contributed by atoms with Crippen LogP contribution in [0.25, 0.3) is 6.08 Å². The first-order valence-electron chi connectivity index (χ1n) is 9.77. The minimum absolute atomic E-state index is 0.00233. The summed E-state index contributed by atoms with van der Waals surface area (Å²) in [5.74, 6) is -1.21. The molecule has 4 rings (SSSR count). The predicted octanol–water partition coefficient (Wildman–Crippen LogP) is 3.41. The number of rotatable bonds is 2. The van der Waals surface area contributed by atoms with E-state index in [0.29, 0.717) is 10.6 Å². The van der Waals surface area contributed by atoms with Crippen LogP contribution in [0.3, 0.4) is 0 Å². The van der Waals surface area contributed by atoms with Gasteiger partial charge in [-0.3, -0.25) is 0 Å². The molecular formula is C21H22ClF3O6. The van der Waals surface area contributed by atoms with Crippen LogP contribution < -0.4 is 4.74 Å². The maximum atomic E-state index is 13.8. The molecule has 2 fully saturated rings. The summed E-state index contributed by atoms with van der Waals surface area (Å²) in [6.45, 7) is 5.55. The number of hydrogen-bond donors (Lipinski definition) is 1. The average Bonchev–Trinajstić information content (AvgIpc) is 3.22. The second kappa shape index (κ2) is 7.65. The summed E-state index contributed by atoms with van der Waals surface area (Å²) in [5.41, 5.74) is -0.240. The van der Waals surface area contributed by atoms with Crippen LogP contribution in [0.1, 0.15) is 31.9 Å². The number of aliphatic hydroxyl groups excluding tert-OH is 1. The van der Waals surface area contributed by atoms with Gasteiger partial charge in [-0.05, 0) is 29.2 Å². The zero-order valence-electron chi connectivity index (χ0n) is 17.0. The third-order valence-corrected chi connectivity index (χ3v) is 5.83. The van der Waals surface area contributed by atoms with Crippen molar-refractivity contribution >= 4 is 23.6 Å². The van der Waals surface area contributed by atoms with Crippen molar-refractivity contribution in [2.75, 3.05) is 13.2 Å². The molecule has 3 heterocycles. The number of benzene rings is 1. The number of fused-ring (bicyclic) bond motifs is 2. The van der Waals surface area contributed by atoms with Crippen LogP contribution >= 0.6 is 11.6 Å². The van der Waals surface area contributed by atoms with Crippen molar-refractivity contribution in [2.45, 2.75) is 62.9 Å². The molecule has 0 amide bonds. The lowest BCUT2D eigenvalue weighted by Gasteiger charge is -2.30. The molecule has 2 saturated heterocycles. The average molecular weight is 463 g/mol. The number of esters is 1. The van der Waals surface area contributed by atoms with Crippen molar-refractivity contribution in [3.63, 3.8) is 0 Å². The molecule has 0 bridgehead atoms. The predicted molar refractivity (Wildman–Crippen MR) is 104 cm³/mol. The minimum atomic E-state index is -4.85. The smallest absolute Gasteiger partial charge is 0.430 e. The summed E-state index contributed by atoms with van der Waals surface area (Å²) in [4.78, 5) is 12.7. The molecule has 5 atom stereocenters. The van der Waals surface area contributed by atoms with E-state index in [-0.39, 0.29) is 24.5 Å². The first kappa shape index (κ1) is 22.4. The van der Waals surface area contributed by atoms with E-state index in [9.17, 15) is 23.1 Å². The number of hydrogen-bond acceptors (Lipinski definition) is 6. The van der Waals surface area contributed by atoms with Gasteiger partial charge in [0, 0.05) is 10.6 Å². The van der Waals surface area contributed by atoms with E-state index in [2.05, 4.69) is 0 Å². The van der Waals surface area contributed by atoms with E-state index < -0.39 is 53.7 Å². The van der Waals surface area contributed by atoms with E-state index in [4.69, 9.17) is 30.5 Å². The van der Waals surface area contributed by atoms with Gasteiger partial charge in [0.15, 0.2) is 6.10 Å². The van der Waals surface area contributed by atoms with Gasteiger partial charge in [0.1, 0.15) is 24.1 Å². The number of alkyl halides is 3. The molecule has 0 radical (unpaired) electrons. The Balaban J connectivity index is 1.65. The van der Waals surface area contributed by atoms with E-state index >= 15 is 0 Å². The van der Waals surface area contributed by atoms with Crippen LogP contribution in [0, 0.1) is 0 Å². The number of aliphatic hydroxyl groups is 1. The molecule has 0 saturated carbocycles. The molecule has 1 N–H and O–H groups in total. The Hall–Kier alpha value is -1.81. The van der Waals surface area contributed by atoms with Gasteiger partial charge in [-0.15, -0.1) is 0 Å². The minimum Gasteiger partial charge on any atom is -0.475 e. The third kappa shape index (κ3) is 4.16. The molecule has 1 aromatic carbocycles. The highest BCUT2D eigenvalue weighted by molar-refractivity contribution is 6.31. The van der Waals surface area contributed by atoms with Gasteiger partial charge >= 0.3 is 12.1 Å². The van der Waals surface area contributed by atoms with E-state index in [0.717, 1.165) is 6.08 Å². The van der Waals surface area contributed by atoms with Crippen LogP contribution in [0.5, 0.6) is 5.75 Å². The van der Waals surface area contributed by atoms with Crippen LogP contribution in [0.2, 0.25) is 5.02 Å². The van der Waals surface area contributed by atoms with Crippen molar-refractivity contribution in [1.29, 1.82) is 0 Å². The van der Waals surface area contributed by atoms with E-state index in [1.165, 1.54) is 12.1 Å². The Bertz CT molecular complexity index is 923. The standard InChI is InChI=1S/C21H22ClF3O6/c1-20(2,3)11-6-14-9(5-12(11)22)4-10(18(30-14)21(23,24)25)19(27)31-15-8-29-16-13(26)7-28-17(15)16/h4-6,13,15-18,26H,7-8H2,1-3H3/t13-,15+,16-,17-,18?/m1/s1. The van der Waals surface area contributed by atoms with Crippen molar-refractivity contribution in [2.24, 2.45) is 0 Å². The van der Waals surface area contributed by atoms with Crippen molar-refractivity contribution < 1.29 is 42.0 Å². The summed E-state index contributed by atoms with van der Waals surface area (Å²) in [7, 11) is 0. The Morgan fingerprint density at radius 1 is 1.16 bits per heavy atom. The Labute approximate surface area is 181 Å². The molecule has 0 spiro atoms. The zero-order chi connectivity index (χ0) is 22.7. The summed E-state index contributed by atoms with van der Waals surface area (Å²) >= 11 is 6.33. The molecule has 10 heteroatoms. The summed E-state index contributed by atoms with van der Waals surface area (Å²) in [6.07, 6.45) is -9.46. The van der Waals surface area contributed by atoms with Crippen LogP contribution in [0.4, 0.5) is 13.2 Å². The summed E-state index contributed by atoms with van der Waals surface area (Å²) in [5, 5.41) is 10.1. The van der Waals surface area contributed by atoms with Crippen molar-refractivity contribution in [1.82, 2.24) is 0 Å². The highest BCUT2D eigenvalue weighted by Crippen LogP contribution is 2.42. The highest BCUT2D eigenvalue weighted by Gasteiger charge is 2.52. The lowest BCUT2D eigenvalue weighted by atomic mass is 9.85. The number of carbonyl (C=O) groups excluding carboxylic acids is 1. The summed E-state index contributed by atoms with van der Waals surface area (Å²) in [6, 6.07) is 2.95. The maximum absolute atomic E-state index is 13.8. The van der Waals surface area contributed by atoms with Gasteiger partial charge in [0.2, 0.25) is 6.10 Å². The lowest BCUT2D eigenvalue weighted by Crippen LogP contribution is -2.42. The van der Waals surface area contributed by atoms with Crippen molar-refractivity contribution in [3.8, 4) is 5.75 Å². The fourth-order valence-electron chi connectivity index (χ4n) is 3.95. The van der Waals surface area contributed by atoms with Crippen LogP contribution in [0.15, 0.2) is 17.7 Å². The Morgan fingerprint density at radius 3 is 2.48 bits per heavy atom. The number of carbonyl (C=O) groups is 1. The topological polar surface area (TPSA) is 74.2 Å². The molecular weight excluding hydrogens is 441 g/mol. The van der Waals surface area contributed by atoms with Gasteiger partial charge in [-0.2, -0.15) is 13.2 Å². The Kier molecular flexibility index (Phi) is 5.53. The highest BCUT2D eigenvalue weighted by atomic mass is 35.5. The van der Waals surface area contributed by atoms with Crippen LogP contribution in [-0.4, -0.2) is 61.0 Å². The van der Waals surface area contributed by atoms with Crippen LogP contribution in [-0.2, 0) is 24.4 Å². The van der Waals surface area contributed by atoms with Gasteiger partial charge in [-0.25, -0.2) is 4.79 Å². The first-order valence-corrected chi connectivity index (χ1v) is 10.2. The molecule has 1 aromatic rings. The molecule has 3 aliphatic rings. The largest absolute Gasteiger partial charge is 0.475 e. The molecule has 0 aliphatic carbocycles. The van der Waals surface area contributed by atoms with E-state index in [1.54, 1.807) is 0 Å². The molecule has 31 heavy (non-hydrogen) atoms. The molecule has 6 nitrogen and oxygen atoms in total. The summed E-state index contributed by atoms with van der Waals surface area (Å²) < 4.78 is 62.5. The van der Waals surface area contributed by atoms with Gasteiger partial charge in [-0.1, -0.05) is 32.4 Å². The monoisotopic (exact) mass is 462 g/mol. The van der Waals surface area contributed by atoms with Crippen molar-refractivity contribution in [3.05, 3.63) is 33.9 Å². The molecule has 3 aliphatic heterocycles. The number of ether oxygens (including phenoxy) is 4. The second-order valence-electron chi connectivity index (χ2n) is 8.87. The van der Waals surface area contributed by atoms with Gasteiger partial charge in [0.25, 0.3) is 0 Å². The Morgan fingerprint density at radius 2 is 1.84 bits per heavy atom. The second-order valence-corrected chi connectivity index (χ2v) is 9.27. The van der Waals surface area contributed by atoms with Gasteiger partial charge in [0.05, 0.1) is 18.8 Å². The maximum Gasteiger partial charge on any atom is 0.430 e. The molecule has 0 aromatic heterocycles. The zero-order valence-corrected chi connectivity index (χ0v) is 17.8. The lowest BCUT2D eigenvalue weighted by molar-refractivity contribution is -0.189. The molecule has 170 valence electrons. The number of halogens is 4. The van der Waals surface area contributed by atoms with E-state index in [1.807, 2.05) is 20.8 Å². The fourth-order valence-corrected chi connectivity index (χ4v) is 4.41. The third-order valence-electron chi connectivity index (χ3n) is 5.52. The van der Waals surface area contributed by atoms with Gasteiger partial charge < -0.3 is 24.1 Å². The molecule has 1 unspecified atom stereocenters.